The first-order chi connectivity index (χ1) is 13.0. The molecule has 27 heavy (non-hydrogen) atoms. The normalized spacial score (nSPS) is 20.3. The van der Waals surface area contributed by atoms with Gasteiger partial charge in [0, 0.05) is 19.5 Å². The summed E-state index contributed by atoms with van der Waals surface area (Å²) in [6.07, 6.45) is 7.67. The minimum absolute atomic E-state index is 0.0971. The fourth-order valence-electron chi connectivity index (χ4n) is 2.91. The minimum atomic E-state index is -3.06. The van der Waals surface area contributed by atoms with E-state index >= 15 is 0 Å². The lowest BCUT2D eigenvalue weighted by Crippen LogP contribution is -2.37. The van der Waals surface area contributed by atoms with E-state index in [1.807, 2.05) is 0 Å². The number of terminal acetylenes is 1. The number of aliphatic hydroxyl groups excluding tert-OH is 1. The highest BCUT2D eigenvalue weighted by molar-refractivity contribution is 7.32. The molecule has 1 heterocycles. The predicted octanol–water partition coefficient (Wildman–Crippen LogP) is 0.0633. The lowest BCUT2D eigenvalue weighted by molar-refractivity contribution is -0.133. The Balaban J connectivity index is 2.13. The van der Waals surface area contributed by atoms with Gasteiger partial charge in [-0.05, 0) is 19.3 Å². The molecule has 0 aliphatic carbocycles. The predicted molar refractivity (Wildman–Crippen MR) is 99.0 cm³/mol. The van der Waals surface area contributed by atoms with Crippen molar-refractivity contribution in [3.8, 4) is 12.3 Å². The van der Waals surface area contributed by atoms with E-state index in [1.54, 1.807) is 0 Å². The molecule has 3 atom stereocenters. The SMILES string of the molecule is C#CCOCCC(=O)NCCCCCC(=O)N1C[C@H](O[PH](=O)O)C[C@H]1CO. The highest BCUT2D eigenvalue weighted by Gasteiger charge is 2.35. The maximum absolute atomic E-state index is 12.3. The summed E-state index contributed by atoms with van der Waals surface area (Å²) in [5, 5.41) is 12.2. The summed E-state index contributed by atoms with van der Waals surface area (Å²) in [6, 6.07) is -0.375. The van der Waals surface area contributed by atoms with Gasteiger partial charge in [0.25, 0.3) is 0 Å². The Bertz CT molecular complexity index is 538. The number of amides is 2. The van der Waals surface area contributed by atoms with Crippen LogP contribution in [0.25, 0.3) is 0 Å². The molecule has 1 unspecified atom stereocenters. The number of unbranched alkanes of at least 4 members (excludes halogenated alkanes) is 2. The summed E-state index contributed by atoms with van der Waals surface area (Å²) in [5.41, 5.74) is 0. The number of rotatable bonds is 13. The third-order valence-electron chi connectivity index (χ3n) is 4.22. The lowest BCUT2D eigenvalue weighted by atomic mass is 10.1. The first-order valence-electron chi connectivity index (χ1n) is 9.05. The number of nitrogens with one attached hydrogen (secondary N) is 1. The zero-order chi connectivity index (χ0) is 20.1. The molecule has 3 N–H and O–H groups in total. The van der Waals surface area contributed by atoms with Gasteiger partial charge in [0.1, 0.15) is 6.61 Å². The number of aliphatic hydroxyl groups is 1. The summed E-state index contributed by atoms with van der Waals surface area (Å²) in [4.78, 5) is 34.2. The third kappa shape index (κ3) is 9.89. The Morgan fingerprint density at radius 3 is 2.74 bits per heavy atom. The molecule has 2 amide bonds. The standard InChI is InChI=1S/C17H29N2O7P/c1-2-9-25-10-7-16(21)18-8-5-3-4-6-17(22)19-12-15(26-27(23)24)11-14(19)13-20/h1,14-15,20,27H,3-13H2,(H,18,21)(H,23,24)/t14-,15+/m0/s1. The van der Waals surface area contributed by atoms with Crippen molar-refractivity contribution in [1.29, 1.82) is 0 Å². The molecule has 1 aliphatic rings. The summed E-state index contributed by atoms with van der Waals surface area (Å²) >= 11 is 0. The number of hydrogen-bond donors (Lipinski definition) is 3. The molecule has 1 saturated heterocycles. The van der Waals surface area contributed by atoms with Crippen molar-refractivity contribution in [2.45, 2.75) is 50.7 Å². The van der Waals surface area contributed by atoms with Crippen LogP contribution in [-0.4, -0.2) is 71.8 Å². The molecule has 0 spiro atoms. The van der Waals surface area contributed by atoms with E-state index < -0.39 is 14.4 Å². The smallest absolute Gasteiger partial charge is 0.316 e. The minimum Gasteiger partial charge on any atom is -0.394 e. The summed E-state index contributed by atoms with van der Waals surface area (Å²) in [6.45, 7) is 1.04. The average Bonchev–Trinajstić information content (AvgIpc) is 3.03. The molecule has 0 bridgehead atoms. The molecular formula is C17H29N2O7P. The Labute approximate surface area is 160 Å². The second-order valence-electron chi connectivity index (χ2n) is 6.29. The fourth-order valence-corrected chi connectivity index (χ4v) is 3.37. The molecule has 154 valence electrons. The van der Waals surface area contributed by atoms with E-state index in [2.05, 4.69) is 11.2 Å². The molecule has 1 aliphatic heterocycles. The van der Waals surface area contributed by atoms with Crippen LogP contribution in [0.5, 0.6) is 0 Å². The molecule has 1 fully saturated rings. The molecule has 10 heteroatoms. The Morgan fingerprint density at radius 1 is 1.30 bits per heavy atom. The lowest BCUT2D eigenvalue weighted by Gasteiger charge is -2.22. The molecular weight excluding hydrogens is 375 g/mol. The Kier molecular flexibility index (Phi) is 12.0. The van der Waals surface area contributed by atoms with Crippen LogP contribution in [0.1, 0.15) is 38.5 Å². The van der Waals surface area contributed by atoms with Crippen molar-refractivity contribution in [2.24, 2.45) is 0 Å². The monoisotopic (exact) mass is 404 g/mol. The van der Waals surface area contributed by atoms with Crippen LogP contribution in [0, 0.1) is 12.3 Å². The van der Waals surface area contributed by atoms with Gasteiger partial charge in [0.15, 0.2) is 0 Å². The number of likely N-dealkylation sites (tertiary alicyclic amines) is 1. The van der Waals surface area contributed by atoms with Crippen LogP contribution in [0.3, 0.4) is 0 Å². The van der Waals surface area contributed by atoms with Crippen LogP contribution >= 0.6 is 8.25 Å². The van der Waals surface area contributed by atoms with Gasteiger partial charge in [0.2, 0.25) is 11.8 Å². The van der Waals surface area contributed by atoms with Crippen LogP contribution < -0.4 is 5.32 Å². The van der Waals surface area contributed by atoms with Gasteiger partial charge in [-0.25, -0.2) is 0 Å². The van der Waals surface area contributed by atoms with Crippen LogP contribution in [-0.2, 0) is 23.4 Å². The van der Waals surface area contributed by atoms with Crippen LogP contribution in [0.4, 0.5) is 0 Å². The van der Waals surface area contributed by atoms with Crippen molar-refractivity contribution in [1.82, 2.24) is 10.2 Å². The zero-order valence-electron chi connectivity index (χ0n) is 15.4. The van der Waals surface area contributed by atoms with Gasteiger partial charge in [-0.2, -0.15) is 0 Å². The number of hydrogen-bond acceptors (Lipinski definition) is 6. The van der Waals surface area contributed by atoms with Gasteiger partial charge >= 0.3 is 8.25 Å². The molecule has 0 aromatic heterocycles. The number of ether oxygens (including phenoxy) is 1. The fraction of sp³-hybridized carbons (Fsp3) is 0.765. The van der Waals surface area contributed by atoms with Gasteiger partial charge in [-0.1, -0.05) is 12.3 Å². The molecule has 0 aromatic rings. The maximum atomic E-state index is 12.3. The van der Waals surface area contributed by atoms with Crippen molar-refractivity contribution in [2.75, 3.05) is 32.9 Å². The van der Waals surface area contributed by atoms with Crippen molar-refractivity contribution >= 4 is 20.1 Å². The van der Waals surface area contributed by atoms with E-state index in [0.717, 1.165) is 12.8 Å². The molecule has 9 nitrogen and oxygen atoms in total. The molecule has 0 radical (unpaired) electrons. The zero-order valence-corrected chi connectivity index (χ0v) is 16.4. The Hall–Kier alpha value is -1.43. The molecule has 0 saturated carbocycles. The van der Waals surface area contributed by atoms with E-state index in [0.29, 0.717) is 32.4 Å². The second kappa shape index (κ2) is 13.7. The van der Waals surface area contributed by atoms with Crippen molar-refractivity contribution in [3.63, 3.8) is 0 Å². The van der Waals surface area contributed by atoms with Crippen molar-refractivity contribution < 1.29 is 33.4 Å². The third-order valence-corrected chi connectivity index (χ3v) is 4.76. The quantitative estimate of drug-likeness (QED) is 0.225. The highest BCUT2D eigenvalue weighted by Crippen LogP contribution is 2.28. The summed E-state index contributed by atoms with van der Waals surface area (Å²) in [7, 11) is -3.06. The van der Waals surface area contributed by atoms with E-state index in [9.17, 15) is 19.3 Å². The summed E-state index contributed by atoms with van der Waals surface area (Å²) < 4.78 is 20.7. The van der Waals surface area contributed by atoms with Crippen LogP contribution in [0.15, 0.2) is 0 Å². The average molecular weight is 404 g/mol. The largest absolute Gasteiger partial charge is 0.394 e. The van der Waals surface area contributed by atoms with Gasteiger partial charge in [-0.15, -0.1) is 6.42 Å². The van der Waals surface area contributed by atoms with Gasteiger partial charge in [0.05, 0.1) is 31.8 Å². The molecule has 1 rings (SSSR count). The summed E-state index contributed by atoms with van der Waals surface area (Å²) in [5.74, 6) is 2.12. The first kappa shape index (κ1) is 23.6. The topological polar surface area (TPSA) is 125 Å². The van der Waals surface area contributed by atoms with Gasteiger partial charge in [-0.3, -0.25) is 14.2 Å². The van der Waals surface area contributed by atoms with E-state index in [4.69, 9.17) is 20.6 Å². The number of nitrogens with zero attached hydrogens (tertiary/aromatic N) is 1. The Morgan fingerprint density at radius 2 is 2.07 bits per heavy atom. The maximum Gasteiger partial charge on any atom is 0.316 e. The van der Waals surface area contributed by atoms with Gasteiger partial charge < -0.3 is 29.5 Å². The van der Waals surface area contributed by atoms with Crippen molar-refractivity contribution in [3.05, 3.63) is 0 Å². The van der Waals surface area contributed by atoms with E-state index in [-0.39, 0.29) is 44.0 Å². The molecule has 0 aromatic carbocycles. The second-order valence-corrected chi connectivity index (χ2v) is 7.06. The number of carbonyl (C=O) groups is 2. The first-order valence-corrected chi connectivity index (χ1v) is 10.3. The number of carbonyl (C=O) groups excluding carboxylic acids is 2. The van der Waals surface area contributed by atoms with Crippen LogP contribution in [0.2, 0.25) is 0 Å². The highest BCUT2D eigenvalue weighted by atomic mass is 31.1. The van der Waals surface area contributed by atoms with E-state index in [1.165, 1.54) is 4.90 Å².